The molecular formula is C34H46F15N9. The molecule has 0 aromatic carbocycles. The van der Waals surface area contributed by atoms with Gasteiger partial charge < -0.3 is 5.32 Å². The highest BCUT2D eigenvalue weighted by Gasteiger charge is 2.69. The molecule has 58 heavy (non-hydrogen) atoms. The summed E-state index contributed by atoms with van der Waals surface area (Å²) in [6, 6.07) is -1.47. The van der Waals surface area contributed by atoms with Crippen LogP contribution in [0.3, 0.4) is 0 Å². The summed E-state index contributed by atoms with van der Waals surface area (Å²) in [6.45, 7) is 1.58. The van der Waals surface area contributed by atoms with Crippen molar-refractivity contribution in [2.24, 2.45) is 47.3 Å². The molecule has 4 aliphatic carbocycles. The van der Waals surface area contributed by atoms with Gasteiger partial charge in [-0.05, 0) is 18.9 Å². The van der Waals surface area contributed by atoms with Crippen LogP contribution in [0.1, 0.15) is 13.3 Å². The Balaban J connectivity index is 1.17. The number of rotatable bonds is 2. The van der Waals surface area contributed by atoms with Gasteiger partial charge in [-0.15, -0.1) is 9.60 Å². The number of alkyl halides is 14. The van der Waals surface area contributed by atoms with Crippen LogP contribution in [-0.4, -0.2) is 153 Å². The lowest BCUT2D eigenvalue weighted by Gasteiger charge is -2.44. The molecule has 0 spiro atoms. The molecule has 24 heteroatoms. The summed E-state index contributed by atoms with van der Waals surface area (Å²) in [7, 11) is 0. The quantitative estimate of drug-likeness (QED) is 0.157. The maximum atomic E-state index is 16.8. The summed E-state index contributed by atoms with van der Waals surface area (Å²) < 4.78 is 234. The van der Waals surface area contributed by atoms with Crippen molar-refractivity contribution in [2.75, 3.05) is 6.54 Å². The van der Waals surface area contributed by atoms with E-state index in [1.807, 2.05) is 0 Å². The summed E-state index contributed by atoms with van der Waals surface area (Å²) in [4.78, 5) is 0. The first-order valence-electron chi connectivity index (χ1n) is 19.9. The fourth-order valence-corrected chi connectivity index (χ4v) is 12.4. The van der Waals surface area contributed by atoms with Crippen LogP contribution in [0.25, 0.3) is 0 Å². The molecule has 332 valence electrons. The molecular weight excluding hydrogens is 819 g/mol. The highest BCUT2D eigenvalue weighted by Crippen LogP contribution is 2.52. The van der Waals surface area contributed by atoms with Crippen molar-refractivity contribution in [1.82, 2.24) is 47.7 Å². The van der Waals surface area contributed by atoms with Gasteiger partial charge in [0.15, 0.2) is 37.0 Å². The van der Waals surface area contributed by atoms with Gasteiger partial charge in [0.25, 0.3) is 0 Å². The molecule has 31 atom stereocenters. The van der Waals surface area contributed by atoms with Crippen molar-refractivity contribution in [3.05, 3.63) is 0 Å². The Morgan fingerprint density at radius 1 is 0.397 bits per heavy atom. The number of hydrogen-bond acceptors (Lipinski definition) is 9. The van der Waals surface area contributed by atoms with Crippen molar-refractivity contribution in [3.8, 4) is 0 Å². The lowest BCUT2D eigenvalue weighted by molar-refractivity contribution is -0.0975. The Kier molecular flexibility index (Phi) is 10.9. The second kappa shape index (κ2) is 15.1. The Morgan fingerprint density at radius 2 is 0.741 bits per heavy atom. The van der Waals surface area contributed by atoms with Gasteiger partial charge in [-0.1, -0.05) is 6.92 Å². The maximum Gasteiger partial charge on any atom is 0.165 e. The molecule has 5 aliphatic heterocycles. The van der Waals surface area contributed by atoms with Crippen LogP contribution in [-0.2, 0) is 0 Å². The highest BCUT2D eigenvalue weighted by atomic mass is 19.2. The predicted molar refractivity (Wildman–Crippen MR) is 174 cm³/mol. The van der Waals surface area contributed by atoms with Crippen molar-refractivity contribution in [2.45, 2.75) is 155 Å². The molecule has 9 nitrogen and oxygen atoms in total. The fraction of sp³-hybridized carbons (Fsp3) is 1.00. The molecule has 0 aromatic heterocycles. The van der Waals surface area contributed by atoms with Gasteiger partial charge in [-0.25, -0.2) is 61.5 Å². The lowest BCUT2D eigenvalue weighted by Crippen LogP contribution is -2.65. The van der Waals surface area contributed by atoms with E-state index in [4.69, 9.17) is 0 Å². The second-order valence-electron chi connectivity index (χ2n) is 17.6. The van der Waals surface area contributed by atoms with Crippen LogP contribution in [0, 0.1) is 47.3 Å². The topological polar surface area (TPSA) is 99.5 Å². The minimum atomic E-state index is -3.15. The maximum absolute atomic E-state index is 16.8. The lowest BCUT2D eigenvalue weighted by atomic mass is 9.71. The zero-order valence-corrected chi connectivity index (χ0v) is 30.4. The van der Waals surface area contributed by atoms with Crippen molar-refractivity contribution >= 4 is 0 Å². The van der Waals surface area contributed by atoms with Crippen LogP contribution in [0.2, 0.25) is 0 Å². The van der Waals surface area contributed by atoms with E-state index >= 15 is 65.9 Å². The van der Waals surface area contributed by atoms with E-state index in [1.54, 1.807) is 6.92 Å². The Morgan fingerprint density at radius 3 is 1.21 bits per heavy atom. The van der Waals surface area contributed by atoms with Crippen molar-refractivity contribution < 1.29 is 65.9 Å². The molecule has 8 N–H and O–H groups in total. The molecule has 9 fully saturated rings. The molecule has 5 heterocycles. The molecule has 31 unspecified atom stereocenters. The zero-order chi connectivity index (χ0) is 41.5. The molecule has 4 saturated carbocycles. The number of halogens is 15. The number of hydrogen-bond donors (Lipinski definition) is 8. The molecule has 0 aromatic rings. The third kappa shape index (κ3) is 6.00. The van der Waals surface area contributed by atoms with E-state index in [0.717, 1.165) is 0 Å². The number of nitrogens with one attached hydrogen (secondary N) is 8. The van der Waals surface area contributed by atoms with Crippen molar-refractivity contribution in [3.63, 3.8) is 0 Å². The van der Waals surface area contributed by atoms with Crippen LogP contribution in [0.4, 0.5) is 65.9 Å². The van der Waals surface area contributed by atoms with E-state index in [9.17, 15) is 0 Å². The summed E-state index contributed by atoms with van der Waals surface area (Å²) in [5.74, 6) is -13.9. The predicted octanol–water partition coefficient (Wildman–Crippen LogP) is 2.06. The summed E-state index contributed by atoms with van der Waals surface area (Å²) in [6.07, 6.45) is -54.0. The first-order valence-corrected chi connectivity index (χ1v) is 19.9. The molecule has 0 amide bonds. The minimum Gasteiger partial charge on any atom is -0.311 e. The Hall–Kier alpha value is -1.41. The van der Waals surface area contributed by atoms with Crippen LogP contribution in [0.5, 0.6) is 0 Å². The average Bonchev–Trinajstić information content (AvgIpc) is 3.91. The van der Waals surface area contributed by atoms with E-state index < -0.39 is 196 Å². The van der Waals surface area contributed by atoms with Crippen LogP contribution >= 0.6 is 0 Å². The first kappa shape index (κ1) is 41.9. The van der Waals surface area contributed by atoms with Gasteiger partial charge in [0.1, 0.15) is 49.4 Å². The van der Waals surface area contributed by atoms with Crippen molar-refractivity contribution in [1.29, 1.82) is 0 Å². The van der Waals surface area contributed by atoms with Gasteiger partial charge in [-0.2, -0.15) is 0 Å². The first-order chi connectivity index (χ1) is 27.5. The summed E-state index contributed by atoms with van der Waals surface area (Å²) in [5, 5.41) is 21.7. The minimum absolute atomic E-state index is 0.0305. The van der Waals surface area contributed by atoms with E-state index in [0.29, 0.717) is 0 Å². The zero-order valence-electron chi connectivity index (χ0n) is 30.4. The van der Waals surface area contributed by atoms with Gasteiger partial charge in [-0.3, -0.25) is 37.2 Å². The van der Waals surface area contributed by atoms with Gasteiger partial charge in [0, 0.05) is 47.5 Å². The standard InChI is InChI=1S/C34H46F15N9/c1-2-50-26-12-9(17(40)24(47)25(26)48)30-52-27-4-3-5(35)13(36)14(37)6(4)28(51-27)56-33-10-11(19(42)23(46)22(45)18(10)41)34(58(33)49)57-31-8-7(29(53-31)54-32(12)55-30)15(38)20(43)21(44)16(8)39/h4-34,50-57H,2-3H2,1H3. The fourth-order valence-electron chi connectivity index (χ4n) is 12.4. The average molecular weight is 866 g/mol. The summed E-state index contributed by atoms with van der Waals surface area (Å²) in [5.41, 5.74) is 0. The van der Waals surface area contributed by atoms with Crippen LogP contribution in [0.15, 0.2) is 0 Å². The number of fused-ring (bicyclic) bond motifs is 20. The Bertz CT molecular complexity index is 1510. The SMILES string of the molecule is CCNC1C(F)C(F)C(F)C2C3NC4NC(NC5C6C(F)C(F)C(F)C(F)C6C(NC6NC(NC(N3)C12)C1C(F)C(F)C(F)C(F)C61)N5F)C1C(F)C(F)C(F)CC41. The normalized spacial score (nSPS) is 63.2. The van der Waals surface area contributed by atoms with E-state index in [-0.39, 0.29) is 11.7 Å². The van der Waals surface area contributed by atoms with Gasteiger partial charge >= 0.3 is 0 Å². The third-order valence-electron chi connectivity index (χ3n) is 14.9. The smallest absolute Gasteiger partial charge is 0.165 e. The monoisotopic (exact) mass is 865 g/mol. The Labute approximate surface area is 322 Å². The molecule has 9 rings (SSSR count). The molecule has 0 radical (unpaired) electrons. The highest BCUT2D eigenvalue weighted by molar-refractivity contribution is 5.18. The van der Waals surface area contributed by atoms with Gasteiger partial charge in [0.2, 0.25) is 0 Å². The van der Waals surface area contributed by atoms with E-state index in [2.05, 4.69) is 42.5 Å². The molecule has 8 bridgehead atoms. The summed E-state index contributed by atoms with van der Waals surface area (Å²) >= 11 is 0. The number of nitrogens with zero attached hydrogens (tertiary/aromatic N) is 1. The molecule has 9 aliphatic rings. The third-order valence-corrected chi connectivity index (χ3v) is 14.9. The van der Waals surface area contributed by atoms with E-state index in [1.165, 1.54) is 0 Å². The molecule has 5 saturated heterocycles. The second-order valence-corrected chi connectivity index (χ2v) is 17.6. The van der Waals surface area contributed by atoms with Gasteiger partial charge in [0.05, 0.1) is 49.3 Å². The largest absolute Gasteiger partial charge is 0.311 e. The van der Waals surface area contributed by atoms with Crippen LogP contribution < -0.4 is 42.5 Å².